The van der Waals surface area contributed by atoms with E-state index in [1.165, 1.54) is 48.0 Å². The first kappa shape index (κ1) is 24.3. The van der Waals surface area contributed by atoms with Crippen LogP contribution >= 0.6 is 11.3 Å². The molecule has 3 aromatic rings. The van der Waals surface area contributed by atoms with E-state index in [2.05, 4.69) is 10.6 Å². The van der Waals surface area contributed by atoms with Crippen molar-refractivity contribution >= 4 is 34.6 Å². The predicted molar refractivity (Wildman–Crippen MR) is 126 cm³/mol. The average molecular weight is 472 g/mol. The summed E-state index contributed by atoms with van der Waals surface area (Å²) in [5.74, 6) is -2.55. The van der Waals surface area contributed by atoms with Crippen LogP contribution in [0.3, 0.4) is 0 Å². The number of Topliss-reactive ketones (excluding diaryl/α,β-unsaturated/α-hetero) is 1. The van der Waals surface area contributed by atoms with Gasteiger partial charge < -0.3 is 20.3 Å². The molecule has 0 atom stereocenters. The lowest BCUT2D eigenvalue weighted by Gasteiger charge is -2.17. The molecule has 3 rings (SSSR count). The molecule has 0 saturated carbocycles. The van der Waals surface area contributed by atoms with Crippen molar-refractivity contribution in [3.05, 3.63) is 63.2 Å². The van der Waals surface area contributed by atoms with Crippen molar-refractivity contribution < 1.29 is 23.9 Å². The van der Waals surface area contributed by atoms with Crippen molar-refractivity contribution in [2.75, 3.05) is 11.9 Å². The number of hydrogen-bond donors (Lipinski definition) is 3. The molecule has 0 saturated heterocycles. The largest absolute Gasteiger partial charge is 0.389 e. The molecule has 1 aromatic carbocycles. The van der Waals surface area contributed by atoms with Gasteiger partial charge in [-0.25, -0.2) is 4.39 Å². The van der Waals surface area contributed by atoms with E-state index < -0.39 is 23.2 Å². The SMILES string of the molecule is Cc1cc(NC(=O)c2c(C)c(C(=O)C(=O)NCC(C)(C)O)n(C)c2-c2ccsc2)ccc1F. The van der Waals surface area contributed by atoms with Crippen molar-refractivity contribution in [1.82, 2.24) is 9.88 Å². The topological polar surface area (TPSA) is 100 Å². The van der Waals surface area contributed by atoms with Gasteiger partial charge in [0.15, 0.2) is 0 Å². The molecule has 7 nitrogen and oxygen atoms in total. The summed E-state index contributed by atoms with van der Waals surface area (Å²) in [6, 6.07) is 6.07. The van der Waals surface area contributed by atoms with Gasteiger partial charge in [-0.3, -0.25) is 14.4 Å². The van der Waals surface area contributed by atoms with E-state index in [1.54, 1.807) is 20.9 Å². The predicted octanol–water partition coefficient (Wildman–Crippen LogP) is 3.83. The second kappa shape index (κ2) is 9.29. The van der Waals surface area contributed by atoms with Gasteiger partial charge in [0.25, 0.3) is 17.6 Å². The summed E-state index contributed by atoms with van der Waals surface area (Å²) in [7, 11) is 1.62. The zero-order chi connectivity index (χ0) is 24.5. The number of benzene rings is 1. The summed E-state index contributed by atoms with van der Waals surface area (Å²) in [6.45, 7) is 6.13. The van der Waals surface area contributed by atoms with Crippen LogP contribution in [0.1, 0.15) is 45.8 Å². The first-order valence-corrected chi connectivity index (χ1v) is 11.2. The minimum Gasteiger partial charge on any atom is -0.389 e. The summed E-state index contributed by atoms with van der Waals surface area (Å²) in [5, 5.41) is 18.7. The van der Waals surface area contributed by atoms with Crippen LogP contribution in [0.15, 0.2) is 35.0 Å². The van der Waals surface area contributed by atoms with Crippen molar-refractivity contribution in [3.8, 4) is 11.3 Å². The lowest BCUT2D eigenvalue weighted by atomic mass is 10.0. The number of aliphatic hydroxyl groups is 1. The van der Waals surface area contributed by atoms with E-state index in [-0.39, 0.29) is 23.6 Å². The lowest BCUT2D eigenvalue weighted by Crippen LogP contribution is -2.41. The maximum atomic E-state index is 13.6. The second-order valence-electron chi connectivity index (χ2n) is 8.51. The Morgan fingerprint density at radius 2 is 1.88 bits per heavy atom. The Labute approximate surface area is 195 Å². The molecule has 0 bridgehead atoms. The van der Waals surface area contributed by atoms with Crippen LogP contribution in [0.5, 0.6) is 0 Å². The molecule has 0 radical (unpaired) electrons. The van der Waals surface area contributed by atoms with Gasteiger partial charge in [-0.2, -0.15) is 11.3 Å². The van der Waals surface area contributed by atoms with Crippen LogP contribution in [-0.2, 0) is 11.8 Å². The van der Waals surface area contributed by atoms with Gasteiger partial charge in [0.1, 0.15) is 5.82 Å². The Hall–Kier alpha value is -3.30. The third-order valence-electron chi connectivity index (χ3n) is 5.18. The summed E-state index contributed by atoms with van der Waals surface area (Å²) in [4.78, 5) is 38.8. The Balaban J connectivity index is 2.04. The third-order valence-corrected chi connectivity index (χ3v) is 5.86. The molecule has 0 aliphatic rings. The molecule has 0 aliphatic heterocycles. The highest BCUT2D eigenvalue weighted by molar-refractivity contribution is 7.08. The number of anilines is 1. The molecular weight excluding hydrogens is 445 g/mol. The summed E-state index contributed by atoms with van der Waals surface area (Å²) >= 11 is 1.43. The second-order valence-corrected chi connectivity index (χ2v) is 9.29. The number of hydrogen-bond acceptors (Lipinski definition) is 5. The smallest absolute Gasteiger partial charge is 0.294 e. The van der Waals surface area contributed by atoms with Crippen LogP contribution < -0.4 is 10.6 Å². The number of aromatic nitrogens is 1. The molecule has 33 heavy (non-hydrogen) atoms. The number of thiophene rings is 1. The summed E-state index contributed by atoms with van der Waals surface area (Å²) in [5.41, 5.74) is 1.49. The maximum absolute atomic E-state index is 13.6. The normalized spacial score (nSPS) is 11.4. The van der Waals surface area contributed by atoms with Gasteiger partial charge in [-0.15, -0.1) is 0 Å². The molecule has 0 spiro atoms. The molecule has 0 fully saturated rings. The number of aryl methyl sites for hydroxylation is 1. The van der Waals surface area contributed by atoms with Crippen molar-refractivity contribution in [3.63, 3.8) is 0 Å². The van der Waals surface area contributed by atoms with Crippen molar-refractivity contribution in [2.45, 2.75) is 33.3 Å². The fraction of sp³-hybridized carbons (Fsp3) is 0.292. The molecule has 0 aliphatic carbocycles. The Morgan fingerprint density at radius 3 is 2.45 bits per heavy atom. The molecule has 2 heterocycles. The van der Waals surface area contributed by atoms with Crippen LogP contribution in [0.2, 0.25) is 0 Å². The molecule has 0 unspecified atom stereocenters. The number of nitrogens with zero attached hydrogens (tertiary/aromatic N) is 1. The number of ketones is 1. The van der Waals surface area contributed by atoms with Crippen molar-refractivity contribution in [2.24, 2.45) is 7.05 Å². The fourth-order valence-electron chi connectivity index (χ4n) is 3.57. The maximum Gasteiger partial charge on any atom is 0.294 e. The van der Waals surface area contributed by atoms with Crippen LogP contribution in [0, 0.1) is 19.7 Å². The minimum atomic E-state index is -1.18. The Bertz CT molecular complexity index is 1220. The van der Waals surface area contributed by atoms with E-state index in [4.69, 9.17) is 0 Å². The highest BCUT2D eigenvalue weighted by atomic mass is 32.1. The van der Waals surface area contributed by atoms with Gasteiger partial charge >= 0.3 is 0 Å². The van der Waals surface area contributed by atoms with E-state index in [0.717, 1.165) is 5.56 Å². The van der Waals surface area contributed by atoms with Gasteiger partial charge in [-0.05, 0) is 68.5 Å². The highest BCUT2D eigenvalue weighted by Crippen LogP contribution is 2.33. The molecule has 2 amide bonds. The number of rotatable bonds is 7. The van der Waals surface area contributed by atoms with Crippen molar-refractivity contribution in [1.29, 1.82) is 0 Å². The molecule has 174 valence electrons. The van der Waals surface area contributed by atoms with Gasteiger partial charge in [0.05, 0.1) is 22.6 Å². The molecule has 2 aromatic heterocycles. The van der Waals surface area contributed by atoms with Gasteiger partial charge in [-0.1, -0.05) is 0 Å². The third kappa shape index (κ3) is 5.20. The lowest BCUT2D eigenvalue weighted by molar-refractivity contribution is -0.118. The number of carbonyl (C=O) groups is 3. The monoisotopic (exact) mass is 471 g/mol. The van der Waals surface area contributed by atoms with E-state index in [9.17, 15) is 23.9 Å². The zero-order valence-electron chi connectivity index (χ0n) is 19.1. The standard InChI is InChI=1S/C24H26FN3O4S/c1-13-10-16(6-7-17(13)25)27-22(30)18-14(2)19(21(29)23(31)26-12-24(3,4)32)28(5)20(18)15-8-9-33-11-15/h6-11,32H,12H2,1-5H3,(H,26,31)(H,27,30). The van der Waals surface area contributed by atoms with E-state index in [1.807, 2.05) is 16.8 Å². The number of amides is 2. The molecule has 9 heteroatoms. The number of nitrogens with one attached hydrogen (secondary N) is 2. The Morgan fingerprint density at radius 1 is 1.18 bits per heavy atom. The Kier molecular flexibility index (Phi) is 6.85. The van der Waals surface area contributed by atoms with Gasteiger partial charge in [0, 0.05) is 30.2 Å². The number of halogens is 1. The van der Waals surface area contributed by atoms with Crippen LogP contribution in [0.4, 0.5) is 10.1 Å². The minimum absolute atomic E-state index is 0.0740. The average Bonchev–Trinajstić information content (AvgIpc) is 3.34. The fourth-order valence-corrected chi connectivity index (χ4v) is 4.21. The zero-order valence-corrected chi connectivity index (χ0v) is 19.9. The molecular formula is C24H26FN3O4S. The van der Waals surface area contributed by atoms with Gasteiger partial charge in [0.2, 0.25) is 0 Å². The van der Waals surface area contributed by atoms with E-state index >= 15 is 0 Å². The highest BCUT2D eigenvalue weighted by Gasteiger charge is 2.31. The van der Waals surface area contributed by atoms with Crippen LogP contribution in [-0.4, -0.2) is 39.4 Å². The number of carbonyl (C=O) groups excluding carboxylic acids is 3. The summed E-state index contributed by atoms with van der Waals surface area (Å²) < 4.78 is 15.2. The first-order valence-electron chi connectivity index (χ1n) is 10.2. The summed E-state index contributed by atoms with van der Waals surface area (Å²) in [6.07, 6.45) is 0. The van der Waals surface area contributed by atoms with Crippen LogP contribution in [0.25, 0.3) is 11.3 Å². The quantitative estimate of drug-likeness (QED) is 0.360. The first-order chi connectivity index (χ1) is 15.4. The van der Waals surface area contributed by atoms with E-state index in [0.29, 0.717) is 22.5 Å². The molecule has 3 N–H and O–H groups in total.